The molecule has 0 N–H and O–H groups in total. The Hall–Kier alpha value is -3.12. The fourth-order valence-corrected chi connectivity index (χ4v) is 5.77. The first kappa shape index (κ1) is 21.1. The lowest BCUT2D eigenvalue weighted by Gasteiger charge is -2.24. The SMILES string of the molecule is Cc1ccc(S(=O)(=O)N2c3ccc(C(=O)N(C)Cc4ccccc4)cc3C[C@H]2C)cc1. The van der Waals surface area contributed by atoms with Crippen LogP contribution in [0.25, 0.3) is 0 Å². The zero-order valence-electron chi connectivity index (χ0n) is 17.9. The number of carbonyl (C=O) groups is 1. The lowest BCUT2D eigenvalue weighted by Crippen LogP contribution is -2.35. The first-order valence-electron chi connectivity index (χ1n) is 10.3. The molecule has 0 unspecified atom stereocenters. The molecule has 0 aliphatic carbocycles. The first-order valence-corrected chi connectivity index (χ1v) is 11.7. The Morgan fingerprint density at radius 3 is 2.39 bits per heavy atom. The van der Waals surface area contributed by atoms with E-state index in [0.29, 0.717) is 24.2 Å². The van der Waals surface area contributed by atoms with Gasteiger partial charge in [-0.15, -0.1) is 0 Å². The van der Waals surface area contributed by atoms with E-state index in [9.17, 15) is 13.2 Å². The number of aryl methyl sites for hydroxylation is 1. The predicted molar refractivity (Wildman–Crippen MR) is 123 cm³/mol. The zero-order chi connectivity index (χ0) is 22.2. The molecule has 0 aromatic heterocycles. The summed E-state index contributed by atoms with van der Waals surface area (Å²) in [6.07, 6.45) is 0.573. The predicted octanol–water partition coefficient (Wildman–Crippen LogP) is 4.41. The molecule has 5 nitrogen and oxygen atoms in total. The molecule has 1 heterocycles. The van der Waals surface area contributed by atoms with E-state index in [-0.39, 0.29) is 16.8 Å². The molecule has 0 spiro atoms. The van der Waals surface area contributed by atoms with Crippen LogP contribution in [-0.2, 0) is 23.0 Å². The third-order valence-electron chi connectivity index (χ3n) is 5.67. The fraction of sp³-hybridized carbons (Fsp3) is 0.240. The summed E-state index contributed by atoms with van der Waals surface area (Å²) in [5, 5.41) is 0. The van der Waals surface area contributed by atoms with Gasteiger partial charge in [-0.1, -0.05) is 48.0 Å². The topological polar surface area (TPSA) is 57.7 Å². The summed E-state index contributed by atoms with van der Waals surface area (Å²) in [5.74, 6) is -0.0841. The summed E-state index contributed by atoms with van der Waals surface area (Å²) in [5.41, 5.74) is 4.16. The molecule has 0 fully saturated rings. The molecule has 1 aliphatic heterocycles. The van der Waals surface area contributed by atoms with Crippen LogP contribution >= 0.6 is 0 Å². The number of sulfonamides is 1. The van der Waals surface area contributed by atoms with Gasteiger partial charge in [0, 0.05) is 25.2 Å². The van der Waals surface area contributed by atoms with Crippen LogP contribution in [0.1, 0.15) is 34.0 Å². The average molecular weight is 435 g/mol. The quantitative estimate of drug-likeness (QED) is 0.598. The standard InChI is InChI=1S/C25H26N2O3S/c1-18-9-12-23(13-10-18)31(29,30)27-19(2)15-22-16-21(11-14-24(22)27)25(28)26(3)17-20-7-5-4-6-8-20/h4-14,16,19H,15,17H2,1-3H3/t19-/m1/s1. The fourth-order valence-electron chi connectivity index (χ4n) is 4.08. The van der Waals surface area contributed by atoms with Crippen molar-refractivity contribution in [2.45, 2.75) is 37.8 Å². The van der Waals surface area contributed by atoms with Crippen LogP contribution in [0.15, 0.2) is 77.7 Å². The maximum Gasteiger partial charge on any atom is 0.264 e. The molecule has 3 aromatic carbocycles. The minimum atomic E-state index is -3.67. The Morgan fingerprint density at radius 2 is 1.71 bits per heavy atom. The Balaban J connectivity index is 1.60. The highest BCUT2D eigenvalue weighted by Crippen LogP contribution is 2.37. The van der Waals surface area contributed by atoms with Gasteiger partial charge in [-0.3, -0.25) is 9.10 Å². The molecule has 160 valence electrons. The van der Waals surface area contributed by atoms with Gasteiger partial charge in [0.05, 0.1) is 10.6 Å². The van der Waals surface area contributed by atoms with E-state index in [1.54, 1.807) is 48.3 Å². The van der Waals surface area contributed by atoms with Crippen molar-refractivity contribution < 1.29 is 13.2 Å². The molecular weight excluding hydrogens is 408 g/mol. The van der Waals surface area contributed by atoms with Gasteiger partial charge in [0.25, 0.3) is 15.9 Å². The summed E-state index contributed by atoms with van der Waals surface area (Å²) in [6.45, 7) is 4.34. The summed E-state index contributed by atoms with van der Waals surface area (Å²) in [4.78, 5) is 14.9. The lowest BCUT2D eigenvalue weighted by molar-refractivity contribution is 0.0785. The number of rotatable bonds is 5. The van der Waals surface area contributed by atoms with Gasteiger partial charge in [-0.2, -0.15) is 0 Å². The molecule has 0 bridgehead atoms. The number of hydrogen-bond acceptors (Lipinski definition) is 3. The van der Waals surface area contributed by atoms with E-state index in [1.807, 2.05) is 50.2 Å². The van der Waals surface area contributed by atoms with Crippen molar-refractivity contribution in [3.05, 3.63) is 95.1 Å². The lowest BCUT2D eigenvalue weighted by atomic mass is 10.1. The summed E-state index contributed by atoms with van der Waals surface area (Å²) in [6, 6.07) is 21.8. The van der Waals surface area contributed by atoms with E-state index >= 15 is 0 Å². The summed E-state index contributed by atoms with van der Waals surface area (Å²) in [7, 11) is -1.89. The van der Waals surface area contributed by atoms with Crippen LogP contribution in [0.4, 0.5) is 5.69 Å². The number of benzene rings is 3. The molecule has 0 saturated carbocycles. The smallest absolute Gasteiger partial charge is 0.264 e. The number of hydrogen-bond donors (Lipinski definition) is 0. The van der Waals surface area contributed by atoms with E-state index in [1.165, 1.54) is 4.31 Å². The van der Waals surface area contributed by atoms with Gasteiger partial charge in [-0.25, -0.2) is 8.42 Å². The van der Waals surface area contributed by atoms with E-state index < -0.39 is 10.0 Å². The van der Waals surface area contributed by atoms with Crippen LogP contribution in [0.3, 0.4) is 0 Å². The number of carbonyl (C=O) groups excluding carboxylic acids is 1. The zero-order valence-corrected chi connectivity index (χ0v) is 18.8. The third-order valence-corrected chi connectivity index (χ3v) is 7.61. The minimum absolute atomic E-state index is 0.0841. The van der Waals surface area contributed by atoms with E-state index in [2.05, 4.69) is 0 Å². The van der Waals surface area contributed by atoms with Crippen molar-refractivity contribution in [2.24, 2.45) is 0 Å². The Morgan fingerprint density at radius 1 is 1.03 bits per heavy atom. The second-order valence-electron chi connectivity index (χ2n) is 8.16. The van der Waals surface area contributed by atoms with Crippen molar-refractivity contribution >= 4 is 21.6 Å². The molecule has 1 amide bonds. The number of amides is 1. The molecule has 0 saturated heterocycles. The van der Waals surface area contributed by atoms with Gasteiger partial charge < -0.3 is 4.90 Å². The van der Waals surface area contributed by atoms with Crippen molar-refractivity contribution in [3.63, 3.8) is 0 Å². The number of anilines is 1. The molecule has 4 rings (SSSR count). The van der Waals surface area contributed by atoms with E-state index in [0.717, 1.165) is 16.7 Å². The first-order chi connectivity index (χ1) is 14.8. The minimum Gasteiger partial charge on any atom is -0.337 e. The van der Waals surface area contributed by atoms with Crippen molar-refractivity contribution in [2.75, 3.05) is 11.4 Å². The molecule has 3 aromatic rings. The normalized spacial score (nSPS) is 15.6. The Kier molecular flexibility index (Phi) is 5.58. The van der Waals surface area contributed by atoms with Crippen molar-refractivity contribution in [1.29, 1.82) is 0 Å². The highest BCUT2D eigenvalue weighted by molar-refractivity contribution is 7.92. The van der Waals surface area contributed by atoms with E-state index in [4.69, 9.17) is 0 Å². The summed E-state index contributed by atoms with van der Waals surface area (Å²) < 4.78 is 28.1. The van der Waals surface area contributed by atoms with Gasteiger partial charge in [0.1, 0.15) is 0 Å². The maximum absolute atomic E-state index is 13.3. The monoisotopic (exact) mass is 434 g/mol. The van der Waals surface area contributed by atoms with Crippen LogP contribution in [-0.4, -0.2) is 32.3 Å². The van der Waals surface area contributed by atoms with Gasteiger partial charge in [0.15, 0.2) is 0 Å². The molecule has 1 atom stereocenters. The Bertz CT molecular complexity index is 1210. The number of fused-ring (bicyclic) bond motifs is 1. The summed E-state index contributed by atoms with van der Waals surface area (Å²) >= 11 is 0. The van der Waals surface area contributed by atoms with Gasteiger partial charge in [0.2, 0.25) is 0 Å². The van der Waals surface area contributed by atoms with Gasteiger partial charge in [-0.05, 0) is 61.7 Å². The number of nitrogens with zero attached hydrogens (tertiary/aromatic N) is 2. The van der Waals surface area contributed by atoms with Crippen LogP contribution < -0.4 is 4.31 Å². The largest absolute Gasteiger partial charge is 0.337 e. The highest BCUT2D eigenvalue weighted by atomic mass is 32.2. The molecule has 1 aliphatic rings. The average Bonchev–Trinajstić information content (AvgIpc) is 3.09. The van der Waals surface area contributed by atoms with Crippen LogP contribution in [0, 0.1) is 6.92 Å². The molecule has 6 heteroatoms. The molecular formula is C25H26N2O3S. The van der Waals surface area contributed by atoms with Gasteiger partial charge >= 0.3 is 0 Å². The second-order valence-corrected chi connectivity index (χ2v) is 9.97. The van der Waals surface area contributed by atoms with Crippen LogP contribution in [0.5, 0.6) is 0 Å². The van der Waals surface area contributed by atoms with Crippen LogP contribution in [0.2, 0.25) is 0 Å². The van der Waals surface area contributed by atoms with Crippen molar-refractivity contribution in [1.82, 2.24) is 4.90 Å². The highest BCUT2D eigenvalue weighted by Gasteiger charge is 2.36. The molecule has 0 radical (unpaired) electrons. The molecule has 31 heavy (non-hydrogen) atoms. The third kappa shape index (κ3) is 4.08. The second kappa shape index (κ2) is 8.19. The van der Waals surface area contributed by atoms with Crippen molar-refractivity contribution in [3.8, 4) is 0 Å². The Labute approximate surface area is 184 Å². The maximum atomic E-state index is 13.3.